The molecule has 0 saturated carbocycles. The first-order chi connectivity index (χ1) is 8.74. The minimum absolute atomic E-state index is 0.0530. The Hall–Kier alpha value is -1.85. The van der Waals surface area contributed by atoms with Gasteiger partial charge in [-0.25, -0.2) is 0 Å². The van der Waals surface area contributed by atoms with Gasteiger partial charge in [-0.2, -0.15) is 13.2 Å². The van der Waals surface area contributed by atoms with Gasteiger partial charge in [0.05, 0.1) is 7.11 Å². The molecule has 0 amide bonds. The molecule has 19 heavy (non-hydrogen) atoms. The van der Waals surface area contributed by atoms with E-state index in [9.17, 15) is 22.8 Å². The summed E-state index contributed by atoms with van der Waals surface area (Å²) in [4.78, 5) is 23.7. The van der Waals surface area contributed by atoms with Gasteiger partial charge in [-0.05, 0) is 18.6 Å². The highest BCUT2D eigenvalue weighted by atomic mass is 19.4. The van der Waals surface area contributed by atoms with Gasteiger partial charge in [0.1, 0.15) is 0 Å². The molecule has 1 aliphatic carbocycles. The molecule has 1 aliphatic rings. The van der Waals surface area contributed by atoms with Crippen LogP contribution < -0.4 is 0 Å². The predicted molar refractivity (Wildman–Crippen MR) is 59.7 cm³/mol. The van der Waals surface area contributed by atoms with E-state index in [0.717, 1.165) is 7.11 Å². The second-order valence-electron chi connectivity index (χ2n) is 4.56. The molecule has 0 aliphatic heterocycles. The molecule has 3 nitrogen and oxygen atoms in total. The monoisotopic (exact) mass is 272 g/mol. The van der Waals surface area contributed by atoms with Gasteiger partial charge in [0.15, 0.2) is 5.78 Å². The van der Waals surface area contributed by atoms with E-state index in [1.807, 2.05) is 0 Å². The quantitative estimate of drug-likeness (QED) is 0.582. The third kappa shape index (κ3) is 1.74. The Morgan fingerprint density at radius 2 is 2.00 bits per heavy atom. The zero-order valence-electron chi connectivity index (χ0n) is 10.3. The Morgan fingerprint density at radius 1 is 1.37 bits per heavy atom. The number of carbonyl (C=O) groups excluding carboxylic acids is 2. The molecule has 102 valence electrons. The fourth-order valence-corrected chi connectivity index (χ4v) is 2.34. The summed E-state index contributed by atoms with van der Waals surface area (Å²) in [5, 5.41) is 0. The van der Waals surface area contributed by atoms with Crippen LogP contribution in [0.15, 0.2) is 18.2 Å². The molecule has 0 fully saturated rings. The molecular weight excluding hydrogens is 261 g/mol. The van der Waals surface area contributed by atoms with Crippen molar-refractivity contribution in [1.29, 1.82) is 0 Å². The summed E-state index contributed by atoms with van der Waals surface area (Å²) in [7, 11) is 0.845. The van der Waals surface area contributed by atoms with Crippen molar-refractivity contribution in [1.82, 2.24) is 0 Å². The Morgan fingerprint density at radius 3 is 2.53 bits per heavy atom. The highest BCUT2D eigenvalue weighted by molar-refractivity contribution is 6.16. The van der Waals surface area contributed by atoms with Crippen molar-refractivity contribution in [2.75, 3.05) is 7.11 Å². The number of ether oxygens (including phenoxy) is 1. The zero-order chi connectivity index (χ0) is 14.4. The molecule has 1 aromatic carbocycles. The van der Waals surface area contributed by atoms with Gasteiger partial charge >= 0.3 is 12.1 Å². The molecule has 2 rings (SSSR count). The molecule has 1 unspecified atom stereocenters. The summed E-state index contributed by atoms with van der Waals surface area (Å²) in [5.41, 5.74) is -2.27. The first-order valence-electron chi connectivity index (χ1n) is 5.53. The molecule has 0 heterocycles. The second kappa shape index (κ2) is 4.08. The van der Waals surface area contributed by atoms with Gasteiger partial charge < -0.3 is 4.74 Å². The standard InChI is InChI=1S/C13H11F3O3/c1-7-3-4-8-6-12(11(18)19-2,13(14,15)16)10(17)9(8)5-7/h3-5H,6H2,1-2H3. The van der Waals surface area contributed by atoms with E-state index in [1.165, 1.54) is 12.1 Å². The van der Waals surface area contributed by atoms with Crippen molar-refractivity contribution < 1.29 is 27.5 Å². The van der Waals surface area contributed by atoms with Gasteiger partial charge in [0.2, 0.25) is 5.41 Å². The van der Waals surface area contributed by atoms with E-state index in [4.69, 9.17) is 0 Å². The number of esters is 1. The van der Waals surface area contributed by atoms with Crippen LogP contribution in [-0.4, -0.2) is 25.0 Å². The Bertz CT molecular complexity index is 563. The van der Waals surface area contributed by atoms with Crippen molar-refractivity contribution in [3.63, 3.8) is 0 Å². The van der Waals surface area contributed by atoms with Crippen LogP contribution in [0.25, 0.3) is 0 Å². The number of hydrogen-bond donors (Lipinski definition) is 0. The van der Waals surface area contributed by atoms with Crippen LogP contribution in [0.5, 0.6) is 0 Å². The number of alkyl halides is 3. The maximum absolute atomic E-state index is 13.2. The summed E-state index contributed by atoms with van der Waals surface area (Å²) >= 11 is 0. The summed E-state index contributed by atoms with van der Waals surface area (Å²) in [5.74, 6) is -2.79. The van der Waals surface area contributed by atoms with Gasteiger partial charge in [-0.1, -0.05) is 17.7 Å². The molecule has 6 heteroatoms. The maximum Gasteiger partial charge on any atom is 0.412 e. The van der Waals surface area contributed by atoms with E-state index in [0.29, 0.717) is 5.56 Å². The Labute approximate surface area is 107 Å². The SMILES string of the molecule is COC(=O)C1(C(F)(F)F)Cc2ccc(C)cc2C1=O. The smallest absolute Gasteiger partial charge is 0.412 e. The molecule has 1 atom stereocenters. The number of carbonyl (C=O) groups is 2. The van der Waals surface area contributed by atoms with Crippen LogP contribution in [0.1, 0.15) is 21.5 Å². The van der Waals surface area contributed by atoms with Crippen LogP contribution in [-0.2, 0) is 16.0 Å². The molecule has 0 spiro atoms. The highest BCUT2D eigenvalue weighted by Gasteiger charge is 2.69. The number of ketones is 1. The Balaban J connectivity index is 2.63. The minimum Gasteiger partial charge on any atom is -0.468 e. The molecule has 0 N–H and O–H groups in total. The molecule has 0 bridgehead atoms. The number of fused-ring (bicyclic) bond motifs is 1. The lowest BCUT2D eigenvalue weighted by Gasteiger charge is -2.26. The van der Waals surface area contributed by atoms with Crippen LogP contribution in [0.4, 0.5) is 13.2 Å². The first-order valence-corrected chi connectivity index (χ1v) is 5.53. The minimum atomic E-state index is -4.98. The van der Waals surface area contributed by atoms with Gasteiger partial charge in [-0.3, -0.25) is 9.59 Å². The van der Waals surface area contributed by atoms with Gasteiger partial charge in [0, 0.05) is 12.0 Å². The van der Waals surface area contributed by atoms with E-state index in [1.54, 1.807) is 13.0 Å². The number of benzene rings is 1. The van der Waals surface area contributed by atoms with Crippen molar-refractivity contribution in [3.05, 3.63) is 34.9 Å². The lowest BCUT2D eigenvalue weighted by atomic mass is 9.83. The molecule has 0 aromatic heterocycles. The average molecular weight is 272 g/mol. The Kier molecular flexibility index (Phi) is 2.91. The third-order valence-corrected chi connectivity index (χ3v) is 3.37. The van der Waals surface area contributed by atoms with Gasteiger partial charge in [0.25, 0.3) is 0 Å². The lowest BCUT2D eigenvalue weighted by molar-refractivity contribution is -0.215. The summed E-state index contributed by atoms with van der Waals surface area (Å²) in [6.07, 6.45) is -5.68. The first kappa shape index (κ1) is 13.6. The highest BCUT2D eigenvalue weighted by Crippen LogP contribution is 2.49. The van der Waals surface area contributed by atoms with Crippen molar-refractivity contribution in [2.45, 2.75) is 19.5 Å². The molecular formula is C13H11F3O3. The van der Waals surface area contributed by atoms with Crippen LogP contribution in [0.2, 0.25) is 0 Å². The molecule has 0 radical (unpaired) electrons. The zero-order valence-corrected chi connectivity index (χ0v) is 10.3. The van der Waals surface area contributed by atoms with Gasteiger partial charge in [-0.15, -0.1) is 0 Å². The van der Waals surface area contributed by atoms with Crippen LogP contribution in [0, 0.1) is 12.3 Å². The number of rotatable bonds is 1. The topological polar surface area (TPSA) is 43.4 Å². The van der Waals surface area contributed by atoms with E-state index in [-0.39, 0.29) is 11.1 Å². The fraction of sp³-hybridized carbons (Fsp3) is 0.385. The second-order valence-corrected chi connectivity index (χ2v) is 4.56. The molecule has 1 aromatic rings. The summed E-state index contributed by atoms with van der Waals surface area (Å²) < 4.78 is 44.0. The van der Waals surface area contributed by atoms with Crippen LogP contribution in [0.3, 0.4) is 0 Å². The van der Waals surface area contributed by atoms with Crippen LogP contribution >= 0.6 is 0 Å². The average Bonchev–Trinajstić information content (AvgIpc) is 2.62. The summed E-state index contributed by atoms with van der Waals surface area (Å²) in [6.45, 7) is 1.67. The van der Waals surface area contributed by atoms with Crippen molar-refractivity contribution in [2.24, 2.45) is 5.41 Å². The van der Waals surface area contributed by atoms with E-state index < -0.39 is 29.8 Å². The third-order valence-electron chi connectivity index (χ3n) is 3.37. The summed E-state index contributed by atoms with van der Waals surface area (Å²) in [6, 6.07) is 4.42. The molecule has 0 saturated heterocycles. The fourth-order valence-electron chi connectivity index (χ4n) is 2.34. The number of methoxy groups -OCH3 is 1. The number of aryl methyl sites for hydroxylation is 1. The van der Waals surface area contributed by atoms with Crippen molar-refractivity contribution in [3.8, 4) is 0 Å². The largest absolute Gasteiger partial charge is 0.468 e. The number of hydrogen-bond acceptors (Lipinski definition) is 3. The van der Waals surface area contributed by atoms with E-state index >= 15 is 0 Å². The normalized spacial score (nSPS) is 22.3. The maximum atomic E-state index is 13.2. The van der Waals surface area contributed by atoms with Crippen molar-refractivity contribution >= 4 is 11.8 Å². The number of Topliss-reactive ketones (excluding diaryl/α,β-unsaturated/α-hetero) is 1. The lowest BCUT2D eigenvalue weighted by Crippen LogP contribution is -2.50. The van der Waals surface area contributed by atoms with E-state index in [2.05, 4.69) is 4.74 Å². The predicted octanol–water partition coefficient (Wildman–Crippen LogP) is 2.46. The number of halogens is 3.